The maximum atomic E-state index is 11.9. The number of hydrogen-bond donors (Lipinski definition) is 2. The lowest BCUT2D eigenvalue weighted by Crippen LogP contribution is -2.32. The summed E-state index contributed by atoms with van der Waals surface area (Å²) in [6.45, 7) is 10.4. The van der Waals surface area contributed by atoms with Crippen LogP contribution in [0.4, 0.5) is 11.4 Å². The van der Waals surface area contributed by atoms with Gasteiger partial charge in [-0.05, 0) is 58.0 Å². The summed E-state index contributed by atoms with van der Waals surface area (Å²) in [4.78, 5) is 14.3. The van der Waals surface area contributed by atoms with E-state index in [2.05, 4.69) is 31.0 Å². The predicted molar refractivity (Wildman–Crippen MR) is 85.8 cm³/mol. The van der Waals surface area contributed by atoms with Crippen LogP contribution in [0.25, 0.3) is 0 Å². The van der Waals surface area contributed by atoms with E-state index in [-0.39, 0.29) is 5.91 Å². The van der Waals surface area contributed by atoms with Gasteiger partial charge in [0.15, 0.2) is 0 Å². The average molecular weight is 277 g/mol. The molecule has 0 atom stereocenters. The van der Waals surface area contributed by atoms with Crippen molar-refractivity contribution < 1.29 is 4.79 Å². The van der Waals surface area contributed by atoms with Gasteiger partial charge in [-0.25, -0.2) is 0 Å². The fourth-order valence-corrected chi connectivity index (χ4v) is 2.23. The monoisotopic (exact) mass is 277 g/mol. The number of rotatable bonds is 7. The number of hydrogen-bond acceptors (Lipinski definition) is 3. The van der Waals surface area contributed by atoms with Gasteiger partial charge < -0.3 is 16.0 Å². The molecule has 0 bridgehead atoms. The molecule has 20 heavy (non-hydrogen) atoms. The van der Waals surface area contributed by atoms with Crippen molar-refractivity contribution in [3.8, 4) is 0 Å². The van der Waals surface area contributed by atoms with Crippen LogP contribution in [-0.2, 0) is 4.79 Å². The van der Waals surface area contributed by atoms with Crippen molar-refractivity contribution in [2.24, 2.45) is 0 Å². The molecular weight excluding hydrogens is 250 g/mol. The second-order valence-corrected chi connectivity index (χ2v) is 5.39. The third-order valence-electron chi connectivity index (χ3n) is 3.64. The van der Waals surface area contributed by atoms with Crippen molar-refractivity contribution in [2.75, 3.05) is 24.1 Å². The third-order valence-corrected chi connectivity index (χ3v) is 3.64. The highest BCUT2D eigenvalue weighted by atomic mass is 16.1. The van der Waals surface area contributed by atoms with E-state index in [1.807, 2.05) is 25.1 Å². The van der Waals surface area contributed by atoms with E-state index < -0.39 is 0 Å². The first kappa shape index (κ1) is 16.5. The molecule has 1 aromatic carbocycles. The fourth-order valence-electron chi connectivity index (χ4n) is 2.23. The SMILES string of the molecule is CCN(CCCC(=O)Nc1cccc(N)c1C)C(C)C. The van der Waals surface area contributed by atoms with E-state index in [1.54, 1.807) is 0 Å². The van der Waals surface area contributed by atoms with Crippen molar-refractivity contribution >= 4 is 17.3 Å². The second-order valence-electron chi connectivity index (χ2n) is 5.39. The molecule has 0 aliphatic carbocycles. The summed E-state index contributed by atoms with van der Waals surface area (Å²) in [5.41, 5.74) is 8.28. The molecule has 0 unspecified atom stereocenters. The van der Waals surface area contributed by atoms with Crippen LogP contribution in [0.2, 0.25) is 0 Å². The van der Waals surface area contributed by atoms with Crippen LogP contribution in [0.1, 0.15) is 39.2 Å². The molecule has 112 valence electrons. The number of nitrogens with zero attached hydrogens (tertiary/aromatic N) is 1. The van der Waals surface area contributed by atoms with Gasteiger partial charge >= 0.3 is 0 Å². The molecule has 4 nitrogen and oxygen atoms in total. The van der Waals surface area contributed by atoms with Crippen LogP contribution in [0.3, 0.4) is 0 Å². The highest BCUT2D eigenvalue weighted by Gasteiger charge is 2.09. The largest absolute Gasteiger partial charge is 0.398 e. The summed E-state index contributed by atoms with van der Waals surface area (Å²) >= 11 is 0. The van der Waals surface area contributed by atoms with E-state index in [0.717, 1.165) is 30.8 Å². The number of nitrogen functional groups attached to an aromatic ring is 1. The number of carbonyl (C=O) groups is 1. The summed E-state index contributed by atoms with van der Waals surface area (Å²) in [7, 11) is 0. The first-order chi connectivity index (χ1) is 9.45. The highest BCUT2D eigenvalue weighted by Crippen LogP contribution is 2.20. The van der Waals surface area contributed by atoms with Crippen molar-refractivity contribution in [1.82, 2.24) is 4.90 Å². The van der Waals surface area contributed by atoms with Gasteiger partial charge in [0.25, 0.3) is 0 Å². The van der Waals surface area contributed by atoms with Crippen molar-refractivity contribution in [3.63, 3.8) is 0 Å². The molecule has 0 fully saturated rings. The van der Waals surface area contributed by atoms with E-state index in [1.165, 1.54) is 0 Å². The molecule has 0 heterocycles. The Morgan fingerprint density at radius 3 is 2.70 bits per heavy atom. The summed E-state index contributed by atoms with van der Waals surface area (Å²) < 4.78 is 0. The molecule has 0 aliphatic heterocycles. The summed E-state index contributed by atoms with van der Waals surface area (Å²) in [6, 6.07) is 6.11. The topological polar surface area (TPSA) is 58.4 Å². The van der Waals surface area contributed by atoms with Crippen LogP contribution >= 0.6 is 0 Å². The zero-order valence-electron chi connectivity index (χ0n) is 13.1. The lowest BCUT2D eigenvalue weighted by atomic mass is 10.1. The molecule has 0 radical (unpaired) electrons. The zero-order chi connectivity index (χ0) is 15.1. The average Bonchev–Trinajstić information content (AvgIpc) is 2.39. The van der Waals surface area contributed by atoms with Crippen LogP contribution in [-0.4, -0.2) is 29.9 Å². The molecule has 0 saturated carbocycles. The molecule has 1 amide bonds. The Bertz CT molecular complexity index is 443. The Hall–Kier alpha value is -1.55. The third kappa shape index (κ3) is 4.85. The van der Waals surface area contributed by atoms with Crippen molar-refractivity contribution in [3.05, 3.63) is 23.8 Å². The molecule has 0 aliphatic rings. The Kier molecular flexibility index (Phi) is 6.52. The van der Waals surface area contributed by atoms with Gasteiger partial charge in [0.2, 0.25) is 5.91 Å². The Labute approximate surface area is 122 Å². The smallest absolute Gasteiger partial charge is 0.224 e. The quantitative estimate of drug-likeness (QED) is 0.753. The number of amides is 1. The Morgan fingerprint density at radius 1 is 1.40 bits per heavy atom. The van der Waals surface area contributed by atoms with Gasteiger partial charge in [0.1, 0.15) is 0 Å². The summed E-state index contributed by atoms with van der Waals surface area (Å²) in [6.07, 6.45) is 1.41. The predicted octanol–water partition coefficient (Wildman–Crippen LogP) is 3.03. The number of carbonyl (C=O) groups excluding carboxylic acids is 1. The van der Waals surface area contributed by atoms with Gasteiger partial charge in [-0.15, -0.1) is 0 Å². The van der Waals surface area contributed by atoms with Crippen LogP contribution in [0, 0.1) is 6.92 Å². The fraction of sp³-hybridized carbons (Fsp3) is 0.562. The lowest BCUT2D eigenvalue weighted by molar-refractivity contribution is -0.116. The minimum absolute atomic E-state index is 0.0542. The van der Waals surface area contributed by atoms with E-state index in [9.17, 15) is 4.79 Å². The van der Waals surface area contributed by atoms with Crippen LogP contribution in [0.5, 0.6) is 0 Å². The molecule has 0 aromatic heterocycles. The van der Waals surface area contributed by atoms with Gasteiger partial charge in [-0.2, -0.15) is 0 Å². The summed E-state index contributed by atoms with van der Waals surface area (Å²) in [5, 5.41) is 2.93. The number of nitrogens with two attached hydrogens (primary N) is 1. The normalized spacial score (nSPS) is 11.1. The van der Waals surface area contributed by atoms with E-state index >= 15 is 0 Å². The van der Waals surface area contributed by atoms with Gasteiger partial charge in [0.05, 0.1) is 0 Å². The summed E-state index contributed by atoms with van der Waals surface area (Å²) in [5.74, 6) is 0.0542. The Balaban J connectivity index is 2.43. The van der Waals surface area contributed by atoms with Crippen molar-refractivity contribution in [2.45, 2.75) is 46.6 Å². The molecule has 4 heteroatoms. The van der Waals surface area contributed by atoms with E-state index in [0.29, 0.717) is 18.2 Å². The number of nitrogens with one attached hydrogen (secondary N) is 1. The Morgan fingerprint density at radius 2 is 2.10 bits per heavy atom. The lowest BCUT2D eigenvalue weighted by Gasteiger charge is -2.24. The van der Waals surface area contributed by atoms with E-state index in [4.69, 9.17) is 5.73 Å². The molecule has 0 spiro atoms. The molecule has 1 rings (SSSR count). The maximum absolute atomic E-state index is 11.9. The minimum Gasteiger partial charge on any atom is -0.398 e. The number of benzene rings is 1. The molecule has 0 saturated heterocycles. The van der Waals surface area contributed by atoms with Gasteiger partial charge in [-0.3, -0.25) is 4.79 Å². The first-order valence-electron chi connectivity index (χ1n) is 7.34. The first-order valence-corrected chi connectivity index (χ1v) is 7.34. The van der Waals surface area contributed by atoms with Crippen LogP contribution in [0.15, 0.2) is 18.2 Å². The second kappa shape index (κ2) is 7.90. The minimum atomic E-state index is 0.0542. The molecule has 1 aromatic rings. The maximum Gasteiger partial charge on any atom is 0.224 e. The zero-order valence-corrected chi connectivity index (χ0v) is 13.1. The molecule has 3 N–H and O–H groups in total. The van der Waals surface area contributed by atoms with Gasteiger partial charge in [-0.1, -0.05) is 13.0 Å². The molecular formula is C16H27N3O. The number of anilines is 2. The van der Waals surface area contributed by atoms with Crippen LogP contribution < -0.4 is 11.1 Å². The highest BCUT2D eigenvalue weighted by molar-refractivity contribution is 5.92. The van der Waals surface area contributed by atoms with Crippen molar-refractivity contribution in [1.29, 1.82) is 0 Å². The standard InChI is InChI=1S/C16H27N3O/c1-5-19(12(2)3)11-7-10-16(20)18-15-9-6-8-14(17)13(15)4/h6,8-9,12H,5,7,10-11,17H2,1-4H3,(H,18,20). The van der Waals surface area contributed by atoms with Gasteiger partial charge in [0, 0.05) is 23.8 Å².